The van der Waals surface area contributed by atoms with Crippen molar-refractivity contribution in [2.24, 2.45) is 0 Å². The number of likely N-dealkylation sites (N-methyl/N-ethyl adjacent to an activating group) is 1. The van der Waals surface area contributed by atoms with Gasteiger partial charge in [-0.15, -0.1) is 0 Å². The number of likely N-dealkylation sites (tertiary alicyclic amines) is 1. The van der Waals surface area contributed by atoms with Gasteiger partial charge in [-0.25, -0.2) is 0 Å². The molecule has 0 unspecified atom stereocenters. The highest BCUT2D eigenvalue weighted by molar-refractivity contribution is 5.35. The fraction of sp³-hybridized carbons (Fsp3) is 0.600. The lowest BCUT2D eigenvalue weighted by molar-refractivity contribution is 0.114. The summed E-state index contributed by atoms with van der Waals surface area (Å²) in [5.41, 5.74) is 1.64. The Balaban J connectivity index is 2.35. The third-order valence-electron chi connectivity index (χ3n) is 4.52. The van der Waals surface area contributed by atoms with Gasteiger partial charge in [0.2, 0.25) is 0 Å². The van der Waals surface area contributed by atoms with Crippen molar-refractivity contribution >= 4 is 0 Å². The van der Waals surface area contributed by atoms with Crippen LogP contribution in [0.1, 0.15) is 32.3 Å². The molecule has 1 aromatic carbocycles. The number of hydrogen-bond acceptors (Lipinski definition) is 2. The van der Waals surface area contributed by atoms with Gasteiger partial charge in [0.15, 0.2) is 0 Å². The molecule has 0 aromatic heterocycles. The molecule has 0 spiro atoms. The molecule has 1 heterocycles. The quantitative estimate of drug-likeness (QED) is 0.778. The average Bonchev–Trinajstić information content (AvgIpc) is 2.36. The summed E-state index contributed by atoms with van der Waals surface area (Å²) in [6, 6.07) is 9.11. The summed E-state index contributed by atoms with van der Waals surface area (Å²) in [5, 5.41) is 0. The van der Waals surface area contributed by atoms with E-state index in [1.165, 1.54) is 24.9 Å². The van der Waals surface area contributed by atoms with Crippen molar-refractivity contribution in [1.29, 1.82) is 0 Å². The van der Waals surface area contributed by atoms with Gasteiger partial charge in [-0.2, -0.15) is 0 Å². The van der Waals surface area contributed by atoms with Gasteiger partial charge in [-0.05, 0) is 51.1 Å². The van der Waals surface area contributed by atoms with Crippen LogP contribution < -0.4 is 4.74 Å². The molecule has 0 N–H and O–H groups in total. The van der Waals surface area contributed by atoms with Crippen LogP contribution in [0.3, 0.4) is 0 Å². The number of rotatable bonds is 2. The Morgan fingerprint density at radius 2 is 2.18 bits per heavy atom. The summed E-state index contributed by atoms with van der Waals surface area (Å²) >= 11 is 0. The summed E-state index contributed by atoms with van der Waals surface area (Å²) in [6.45, 7) is 5.92. The summed E-state index contributed by atoms with van der Waals surface area (Å²) < 4.78 is 5.34. The Labute approximate surface area is 105 Å². The first kappa shape index (κ1) is 12.4. The van der Waals surface area contributed by atoms with Crippen molar-refractivity contribution in [3.63, 3.8) is 0 Å². The van der Waals surface area contributed by atoms with Crippen molar-refractivity contribution < 1.29 is 4.74 Å². The largest absolute Gasteiger partial charge is 0.497 e. The van der Waals surface area contributed by atoms with E-state index in [-0.39, 0.29) is 5.41 Å². The first-order valence-corrected chi connectivity index (χ1v) is 6.42. The number of benzene rings is 1. The van der Waals surface area contributed by atoms with Crippen LogP contribution in [-0.2, 0) is 5.41 Å². The molecule has 0 bridgehead atoms. The number of hydrogen-bond donors (Lipinski definition) is 0. The summed E-state index contributed by atoms with van der Waals surface area (Å²) in [7, 11) is 3.96. The van der Waals surface area contributed by atoms with Crippen molar-refractivity contribution in [2.75, 3.05) is 20.7 Å². The molecule has 0 radical (unpaired) electrons. The minimum atomic E-state index is 0.238. The topological polar surface area (TPSA) is 12.5 Å². The van der Waals surface area contributed by atoms with Crippen molar-refractivity contribution in [3.05, 3.63) is 29.8 Å². The Morgan fingerprint density at radius 1 is 1.41 bits per heavy atom. The molecule has 0 aliphatic carbocycles. The first-order chi connectivity index (χ1) is 8.08. The molecule has 94 valence electrons. The zero-order valence-corrected chi connectivity index (χ0v) is 11.4. The van der Waals surface area contributed by atoms with E-state index in [1.807, 2.05) is 6.07 Å². The van der Waals surface area contributed by atoms with Gasteiger partial charge in [0.1, 0.15) is 5.75 Å². The van der Waals surface area contributed by atoms with E-state index in [0.717, 1.165) is 5.75 Å². The van der Waals surface area contributed by atoms with Crippen LogP contribution in [-0.4, -0.2) is 31.6 Å². The molecule has 1 aliphatic rings. The molecule has 2 rings (SSSR count). The summed E-state index contributed by atoms with van der Waals surface area (Å²) in [6.07, 6.45) is 2.53. The van der Waals surface area contributed by atoms with Crippen LogP contribution in [0.2, 0.25) is 0 Å². The molecule has 0 saturated carbocycles. The third kappa shape index (κ3) is 2.19. The zero-order valence-electron chi connectivity index (χ0n) is 11.4. The standard InChI is InChI=1S/C15H23NO/c1-12-15(2,9-6-10-16(12)3)13-7-5-8-14(11-13)17-4/h5,7-8,11-12H,6,9-10H2,1-4H3/t12-,15-/m0/s1. The van der Waals surface area contributed by atoms with Gasteiger partial charge in [0.25, 0.3) is 0 Å². The van der Waals surface area contributed by atoms with E-state index in [4.69, 9.17) is 4.74 Å². The SMILES string of the molecule is COc1cccc([C@@]2(C)CCCN(C)[C@H]2C)c1. The van der Waals surface area contributed by atoms with Crippen LogP contribution in [0, 0.1) is 0 Å². The minimum Gasteiger partial charge on any atom is -0.497 e. The molecular weight excluding hydrogens is 210 g/mol. The maximum Gasteiger partial charge on any atom is 0.119 e. The van der Waals surface area contributed by atoms with Gasteiger partial charge in [0.05, 0.1) is 7.11 Å². The fourth-order valence-corrected chi connectivity index (χ4v) is 2.95. The predicted molar refractivity (Wildman–Crippen MR) is 71.7 cm³/mol. The number of ether oxygens (including phenoxy) is 1. The first-order valence-electron chi connectivity index (χ1n) is 6.42. The van der Waals surface area contributed by atoms with Crippen LogP contribution in [0.4, 0.5) is 0 Å². The normalized spacial score (nSPS) is 30.2. The Hall–Kier alpha value is -1.02. The summed E-state index contributed by atoms with van der Waals surface area (Å²) in [5.74, 6) is 0.962. The monoisotopic (exact) mass is 233 g/mol. The third-order valence-corrected chi connectivity index (χ3v) is 4.52. The van der Waals surface area contributed by atoms with E-state index in [0.29, 0.717) is 6.04 Å². The second-order valence-electron chi connectivity index (χ2n) is 5.41. The highest BCUT2D eigenvalue weighted by atomic mass is 16.5. The minimum absolute atomic E-state index is 0.238. The highest BCUT2D eigenvalue weighted by Gasteiger charge is 2.38. The lowest BCUT2D eigenvalue weighted by Crippen LogP contribution is -2.49. The van der Waals surface area contributed by atoms with Gasteiger partial charge in [0, 0.05) is 11.5 Å². The number of piperidine rings is 1. The molecule has 2 heteroatoms. The summed E-state index contributed by atoms with van der Waals surface area (Å²) in [4.78, 5) is 2.46. The average molecular weight is 233 g/mol. The second-order valence-corrected chi connectivity index (χ2v) is 5.41. The number of methoxy groups -OCH3 is 1. The molecule has 1 aliphatic heterocycles. The molecule has 1 aromatic rings. The molecule has 0 amide bonds. The van der Waals surface area contributed by atoms with E-state index in [1.54, 1.807) is 7.11 Å². The van der Waals surface area contributed by atoms with E-state index in [9.17, 15) is 0 Å². The Kier molecular flexibility index (Phi) is 3.43. The lowest BCUT2D eigenvalue weighted by atomic mass is 9.70. The van der Waals surface area contributed by atoms with E-state index in [2.05, 4.69) is 44.0 Å². The van der Waals surface area contributed by atoms with Gasteiger partial charge >= 0.3 is 0 Å². The Morgan fingerprint density at radius 3 is 2.88 bits per heavy atom. The zero-order chi connectivity index (χ0) is 12.5. The molecule has 1 fully saturated rings. The van der Waals surface area contributed by atoms with Crippen molar-refractivity contribution in [1.82, 2.24) is 4.90 Å². The lowest BCUT2D eigenvalue weighted by Gasteiger charge is -2.45. The fourth-order valence-electron chi connectivity index (χ4n) is 2.95. The molecule has 1 saturated heterocycles. The van der Waals surface area contributed by atoms with Crippen molar-refractivity contribution in [3.8, 4) is 5.75 Å². The van der Waals surface area contributed by atoms with Crippen LogP contribution >= 0.6 is 0 Å². The predicted octanol–water partition coefficient (Wildman–Crippen LogP) is 3.07. The van der Waals surface area contributed by atoms with Crippen molar-refractivity contribution in [2.45, 2.75) is 38.1 Å². The van der Waals surface area contributed by atoms with Gasteiger partial charge < -0.3 is 9.64 Å². The maximum atomic E-state index is 5.34. The van der Waals surface area contributed by atoms with Crippen LogP contribution in [0.25, 0.3) is 0 Å². The molecule has 17 heavy (non-hydrogen) atoms. The maximum absolute atomic E-state index is 5.34. The van der Waals surface area contributed by atoms with Crippen LogP contribution in [0.5, 0.6) is 5.75 Å². The van der Waals surface area contributed by atoms with E-state index < -0.39 is 0 Å². The molecule has 2 nitrogen and oxygen atoms in total. The smallest absolute Gasteiger partial charge is 0.119 e. The molecular formula is C15H23NO. The number of nitrogens with zero attached hydrogens (tertiary/aromatic N) is 1. The molecule has 2 atom stereocenters. The van der Waals surface area contributed by atoms with Gasteiger partial charge in [-0.1, -0.05) is 19.1 Å². The second kappa shape index (κ2) is 4.69. The highest BCUT2D eigenvalue weighted by Crippen LogP contribution is 2.39. The van der Waals surface area contributed by atoms with Gasteiger partial charge in [-0.3, -0.25) is 0 Å². The van der Waals surface area contributed by atoms with Crippen LogP contribution in [0.15, 0.2) is 24.3 Å². The van der Waals surface area contributed by atoms with E-state index >= 15 is 0 Å². The Bertz CT molecular complexity index is 390.